The number of hydrogen-bond donors (Lipinski definition) is 1. The number of aromatic nitrogens is 2. The number of fused-ring (bicyclic) bond motifs is 1. The van der Waals surface area contributed by atoms with E-state index in [0.29, 0.717) is 0 Å². The molecule has 2 amide bonds. The van der Waals surface area contributed by atoms with Crippen molar-refractivity contribution in [1.29, 1.82) is 0 Å². The molecule has 0 aromatic carbocycles. The zero-order valence-corrected chi connectivity index (χ0v) is 16.5. The molecular formula is C17H20FN5O5S. The Kier molecular flexibility index (Phi) is 5.84. The molecule has 12 heteroatoms. The van der Waals surface area contributed by atoms with E-state index in [1.807, 2.05) is 0 Å². The van der Waals surface area contributed by atoms with Gasteiger partial charge in [-0.2, -0.15) is 12.7 Å². The largest absolute Gasteiger partial charge is 0.480 e. The number of hydrogen-bond acceptors (Lipinski definition) is 6. The first-order valence-corrected chi connectivity index (χ1v) is 10.1. The molecule has 0 radical (unpaired) electrons. The number of pyridine rings is 1. The van der Waals surface area contributed by atoms with Crippen LogP contribution in [0.15, 0.2) is 31.1 Å². The molecule has 0 unspecified atom stereocenters. The molecule has 2 aromatic rings. The van der Waals surface area contributed by atoms with Crippen LogP contribution in [0.2, 0.25) is 0 Å². The lowest BCUT2D eigenvalue weighted by Crippen LogP contribution is -2.53. The molecule has 2 aromatic heterocycles. The topological polar surface area (TPSA) is 114 Å². The maximum atomic E-state index is 14.4. The second-order valence-corrected chi connectivity index (χ2v) is 8.00. The number of nitrogens with zero attached hydrogens (tertiary/aromatic N) is 4. The van der Waals surface area contributed by atoms with Gasteiger partial charge in [0, 0.05) is 32.4 Å². The van der Waals surface area contributed by atoms with E-state index in [9.17, 15) is 22.4 Å². The summed E-state index contributed by atoms with van der Waals surface area (Å²) >= 11 is 0. The molecule has 0 spiro atoms. The Hall–Kier alpha value is -2.99. The summed E-state index contributed by atoms with van der Waals surface area (Å²) in [5.41, 5.74) is 0.111. The number of carbonyl (C=O) groups excluding carboxylic acids is 2. The van der Waals surface area contributed by atoms with Crippen molar-refractivity contribution in [2.24, 2.45) is 0 Å². The van der Waals surface area contributed by atoms with Crippen LogP contribution < -0.4 is 10.1 Å². The SMILES string of the molecule is C=CC(=O)NCC(=O)N1CCN(S(=O)(=O)n2cc(F)c3c(OC)nccc32)CC1. The fourth-order valence-corrected chi connectivity index (χ4v) is 4.56. The van der Waals surface area contributed by atoms with Gasteiger partial charge in [-0.1, -0.05) is 6.58 Å². The average Bonchev–Trinajstić information content (AvgIpc) is 3.09. The minimum absolute atomic E-state index is 0.00839. The second-order valence-electron chi connectivity index (χ2n) is 6.20. The van der Waals surface area contributed by atoms with Gasteiger partial charge in [-0.25, -0.2) is 13.3 Å². The van der Waals surface area contributed by atoms with Crippen LogP contribution in [0.4, 0.5) is 4.39 Å². The van der Waals surface area contributed by atoms with Crippen LogP contribution in [0.25, 0.3) is 10.9 Å². The summed E-state index contributed by atoms with van der Waals surface area (Å²) in [7, 11) is -2.75. The normalized spacial score (nSPS) is 15.3. The zero-order chi connectivity index (χ0) is 21.2. The van der Waals surface area contributed by atoms with Crippen molar-refractivity contribution in [3.8, 4) is 5.88 Å². The molecule has 1 fully saturated rings. The third-order valence-corrected chi connectivity index (χ3v) is 6.38. The molecule has 1 saturated heterocycles. The highest BCUT2D eigenvalue weighted by molar-refractivity contribution is 7.87. The Balaban J connectivity index is 1.76. The maximum Gasteiger partial charge on any atom is 0.308 e. The van der Waals surface area contributed by atoms with Crippen LogP contribution in [0.1, 0.15) is 0 Å². The summed E-state index contributed by atoms with van der Waals surface area (Å²) in [6, 6.07) is 1.39. The Morgan fingerprint density at radius 1 is 1.34 bits per heavy atom. The number of amides is 2. The van der Waals surface area contributed by atoms with E-state index < -0.39 is 21.9 Å². The quantitative estimate of drug-likeness (QED) is 0.637. The molecule has 3 heterocycles. The predicted octanol–water partition coefficient (Wildman–Crippen LogP) is -0.277. The molecule has 0 saturated carbocycles. The summed E-state index contributed by atoms with van der Waals surface area (Å²) in [4.78, 5) is 28.6. The Morgan fingerprint density at radius 2 is 2.03 bits per heavy atom. The summed E-state index contributed by atoms with van der Waals surface area (Å²) in [5.74, 6) is -1.57. The van der Waals surface area contributed by atoms with Gasteiger partial charge < -0.3 is 15.0 Å². The van der Waals surface area contributed by atoms with E-state index in [-0.39, 0.29) is 55.4 Å². The van der Waals surface area contributed by atoms with Crippen LogP contribution >= 0.6 is 0 Å². The maximum absolute atomic E-state index is 14.4. The standard InChI is InChI=1S/C17H20FN5O5S/c1-3-14(24)20-10-15(25)21-6-8-22(9-7-21)29(26,27)23-11-12(18)16-13(23)4-5-19-17(16)28-2/h3-5,11H,1,6-10H2,2H3,(H,20,24). The molecule has 0 atom stereocenters. The number of halogens is 1. The summed E-state index contributed by atoms with van der Waals surface area (Å²) in [5, 5.41) is 2.36. The van der Waals surface area contributed by atoms with Gasteiger partial charge in [0.1, 0.15) is 0 Å². The van der Waals surface area contributed by atoms with Crippen molar-refractivity contribution >= 4 is 32.9 Å². The van der Waals surface area contributed by atoms with Crippen LogP contribution in [0.5, 0.6) is 5.88 Å². The van der Waals surface area contributed by atoms with Gasteiger partial charge in [-0.15, -0.1) is 0 Å². The summed E-state index contributed by atoms with van der Waals surface area (Å²) in [6.45, 7) is 3.47. The van der Waals surface area contributed by atoms with Crippen molar-refractivity contribution < 1.29 is 27.1 Å². The summed E-state index contributed by atoms with van der Waals surface area (Å²) < 4.78 is 47.5. The van der Waals surface area contributed by atoms with Gasteiger partial charge in [-0.05, 0) is 12.1 Å². The van der Waals surface area contributed by atoms with E-state index in [2.05, 4.69) is 16.9 Å². The highest BCUT2D eigenvalue weighted by Crippen LogP contribution is 2.29. The zero-order valence-electron chi connectivity index (χ0n) is 15.7. The lowest BCUT2D eigenvalue weighted by atomic mass is 10.3. The van der Waals surface area contributed by atoms with Crippen molar-refractivity contribution in [2.75, 3.05) is 39.8 Å². The van der Waals surface area contributed by atoms with Gasteiger partial charge in [0.25, 0.3) is 0 Å². The molecule has 156 valence electrons. The smallest absolute Gasteiger partial charge is 0.308 e. The van der Waals surface area contributed by atoms with Crippen molar-refractivity contribution in [1.82, 2.24) is 23.5 Å². The van der Waals surface area contributed by atoms with E-state index in [1.165, 1.54) is 28.6 Å². The van der Waals surface area contributed by atoms with Crippen molar-refractivity contribution in [2.45, 2.75) is 0 Å². The molecular weight excluding hydrogens is 405 g/mol. The van der Waals surface area contributed by atoms with Gasteiger partial charge in [0.2, 0.25) is 17.7 Å². The van der Waals surface area contributed by atoms with Gasteiger partial charge in [0.15, 0.2) is 5.82 Å². The first-order valence-electron chi connectivity index (χ1n) is 8.67. The van der Waals surface area contributed by atoms with E-state index in [1.54, 1.807) is 0 Å². The van der Waals surface area contributed by atoms with Gasteiger partial charge in [0.05, 0.1) is 30.8 Å². The lowest BCUT2D eigenvalue weighted by molar-refractivity contribution is -0.133. The van der Waals surface area contributed by atoms with Gasteiger partial charge in [-0.3, -0.25) is 9.59 Å². The van der Waals surface area contributed by atoms with Crippen LogP contribution in [-0.2, 0) is 19.8 Å². The Labute approximate surface area is 166 Å². The minimum Gasteiger partial charge on any atom is -0.480 e. The number of nitrogens with one attached hydrogen (secondary N) is 1. The number of piperazine rings is 1. The third-order valence-electron chi connectivity index (χ3n) is 4.56. The minimum atomic E-state index is -4.07. The fourth-order valence-electron chi connectivity index (χ4n) is 3.06. The monoisotopic (exact) mass is 425 g/mol. The van der Waals surface area contributed by atoms with Crippen LogP contribution in [-0.4, -0.2) is 78.2 Å². The average molecular weight is 425 g/mol. The number of carbonyl (C=O) groups is 2. The predicted molar refractivity (Wildman–Crippen MR) is 102 cm³/mol. The molecule has 1 N–H and O–H groups in total. The van der Waals surface area contributed by atoms with Crippen molar-refractivity contribution in [3.63, 3.8) is 0 Å². The molecule has 0 bridgehead atoms. The Morgan fingerprint density at radius 3 is 2.66 bits per heavy atom. The molecule has 10 nitrogen and oxygen atoms in total. The molecule has 0 aliphatic carbocycles. The van der Waals surface area contributed by atoms with Crippen molar-refractivity contribution in [3.05, 3.63) is 36.9 Å². The molecule has 29 heavy (non-hydrogen) atoms. The van der Waals surface area contributed by atoms with E-state index in [0.717, 1.165) is 16.2 Å². The number of rotatable bonds is 6. The van der Waals surface area contributed by atoms with Crippen LogP contribution in [0.3, 0.4) is 0 Å². The third kappa shape index (κ3) is 3.93. The highest BCUT2D eigenvalue weighted by Gasteiger charge is 2.32. The van der Waals surface area contributed by atoms with Gasteiger partial charge >= 0.3 is 10.2 Å². The second kappa shape index (κ2) is 8.17. The molecule has 3 rings (SSSR count). The number of methoxy groups -OCH3 is 1. The van der Waals surface area contributed by atoms with Crippen LogP contribution in [0, 0.1) is 5.82 Å². The first-order chi connectivity index (χ1) is 13.8. The highest BCUT2D eigenvalue weighted by atomic mass is 32.2. The number of ether oxygens (including phenoxy) is 1. The first kappa shape index (κ1) is 20.7. The lowest BCUT2D eigenvalue weighted by Gasteiger charge is -2.34. The fraction of sp³-hybridized carbons (Fsp3) is 0.353. The van der Waals surface area contributed by atoms with E-state index in [4.69, 9.17) is 4.74 Å². The Bertz CT molecular complexity index is 1060. The summed E-state index contributed by atoms with van der Waals surface area (Å²) in [6.07, 6.45) is 3.27. The van der Waals surface area contributed by atoms with E-state index >= 15 is 0 Å². The molecule has 1 aliphatic rings. The molecule has 1 aliphatic heterocycles.